The molecule has 0 saturated carbocycles. The number of para-hydroxylation sites is 1. The molecule has 19 heavy (non-hydrogen) atoms. The highest BCUT2D eigenvalue weighted by Crippen LogP contribution is 2.26. The summed E-state index contributed by atoms with van der Waals surface area (Å²) in [5.74, 6) is 0.958. The second-order valence-electron chi connectivity index (χ2n) is 4.41. The molecule has 4 heteroatoms. The first-order chi connectivity index (χ1) is 9.22. The summed E-state index contributed by atoms with van der Waals surface area (Å²) >= 11 is 0. The average Bonchev–Trinajstić information content (AvgIpc) is 2.46. The van der Waals surface area contributed by atoms with Crippen molar-refractivity contribution in [2.24, 2.45) is 0 Å². The fourth-order valence-electron chi connectivity index (χ4n) is 2.02. The zero-order chi connectivity index (χ0) is 14.1. The van der Waals surface area contributed by atoms with Gasteiger partial charge >= 0.3 is 0 Å². The minimum Gasteiger partial charge on any atom is -0.493 e. The molecule has 0 aromatic heterocycles. The molecule has 0 bridgehead atoms. The minimum atomic E-state index is 0.0542. The number of hydrogen-bond acceptors (Lipinski definition) is 3. The van der Waals surface area contributed by atoms with Gasteiger partial charge in [0.25, 0.3) is 0 Å². The van der Waals surface area contributed by atoms with Crippen molar-refractivity contribution in [1.82, 2.24) is 10.6 Å². The standard InChI is InChI=1S/C15H24N2O2/c1-4-13(16-2)12-8-5-6-9-14(12)19-11-7-10-15(18)17-3/h5-6,8-9,13,16H,4,7,10-11H2,1-3H3,(H,17,18). The summed E-state index contributed by atoms with van der Waals surface area (Å²) in [5, 5.41) is 5.89. The molecule has 1 unspecified atom stereocenters. The molecule has 0 radical (unpaired) electrons. The zero-order valence-corrected chi connectivity index (χ0v) is 12.0. The van der Waals surface area contributed by atoms with E-state index in [4.69, 9.17) is 4.74 Å². The summed E-state index contributed by atoms with van der Waals surface area (Å²) in [6, 6.07) is 8.36. The molecular weight excluding hydrogens is 240 g/mol. The Morgan fingerprint density at radius 1 is 1.32 bits per heavy atom. The van der Waals surface area contributed by atoms with Crippen molar-refractivity contribution < 1.29 is 9.53 Å². The molecule has 0 aliphatic heterocycles. The lowest BCUT2D eigenvalue weighted by Crippen LogP contribution is -2.19. The molecule has 4 nitrogen and oxygen atoms in total. The van der Waals surface area contributed by atoms with E-state index < -0.39 is 0 Å². The third kappa shape index (κ3) is 4.91. The van der Waals surface area contributed by atoms with Gasteiger partial charge in [0, 0.05) is 25.1 Å². The van der Waals surface area contributed by atoms with Crippen molar-refractivity contribution in [2.75, 3.05) is 20.7 Å². The topological polar surface area (TPSA) is 50.4 Å². The molecule has 0 spiro atoms. The van der Waals surface area contributed by atoms with Gasteiger partial charge in [0.15, 0.2) is 0 Å². The molecule has 1 rings (SSSR count). The summed E-state index contributed by atoms with van der Waals surface area (Å²) in [4.78, 5) is 11.1. The Bertz CT molecular complexity index is 389. The van der Waals surface area contributed by atoms with Crippen LogP contribution >= 0.6 is 0 Å². The molecule has 1 amide bonds. The van der Waals surface area contributed by atoms with Gasteiger partial charge in [-0.3, -0.25) is 4.79 Å². The Labute approximate surface area is 115 Å². The molecule has 0 fully saturated rings. The molecule has 0 aliphatic carbocycles. The summed E-state index contributed by atoms with van der Waals surface area (Å²) in [5.41, 5.74) is 1.17. The number of rotatable bonds is 8. The van der Waals surface area contributed by atoms with Gasteiger partial charge < -0.3 is 15.4 Å². The van der Waals surface area contributed by atoms with Crippen LogP contribution in [0.2, 0.25) is 0 Å². The number of nitrogens with one attached hydrogen (secondary N) is 2. The molecule has 2 N–H and O–H groups in total. The van der Waals surface area contributed by atoms with E-state index in [0.717, 1.165) is 18.6 Å². The van der Waals surface area contributed by atoms with E-state index in [1.165, 1.54) is 5.56 Å². The van der Waals surface area contributed by atoms with E-state index in [2.05, 4.69) is 23.6 Å². The van der Waals surface area contributed by atoms with Crippen LogP contribution in [0.5, 0.6) is 5.75 Å². The first-order valence-corrected chi connectivity index (χ1v) is 6.82. The van der Waals surface area contributed by atoms with Crippen LogP contribution in [-0.4, -0.2) is 26.6 Å². The van der Waals surface area contributed by atoms with Crippen LogP contribution in [0.25, 0.3) is 0 Å². The van der Waals surface area contributed by atoms with E-state index in [-0.39, 0.29) is 5.91 Å². The van der Waals surface area contributed by atoms with Crippen molar-refractivity contribution in [3.8, 4) is 5.75 Å². The number of benzene rings is 1. The summed E-state index contributed by atoms with van der Waals surface area (Å²) < 4.78 is 5.80. The van der Waals surface area contributed by atoms with Crippen molar-refractivity contribution in [2.45, 2.75) is 32.2 Å². The van der Waals surface area contributed by atoms with Crippen LogP contribution in [0, 0.1) is 0 Å². The van der Waals surface area contributed by atoms with Crippen LogP contribution in [0.1, 0.15) is 37.8 Å². The highest BCUT2D eigenvalue weighted by Gasteiger charge is 2.12. The normalized spacial score (nSPS) is 11.9. The smallest absolute Gasteiger partial charge is 0.219 e. The lowest BCUT2D eigenvalue weighted by Gasteiger charge is -2.18. The van der Waals surface area contributed by atoms with E-state index in [1.807, 2.05) is 25.2 Å². The van der Waals surface area contributed by atoms with Crippen molar-refractivity contribution in [3.05, 3.63) is 29.8 Å². The van der Waals surface area contributed by atoms with Crippen molar-refractivity contribution >= 4 is 5.91 Å². The predicted molar refractivity (Wildman–Crippen MR) is 77.3 cm³/mol. The monoisotopic (exact) mass is 264 g/mol. The maximum Gasteiger partial charge on any atom is 0.219 e. The van der Waals surface area contributed by atoms with Gasteiger partial charge in [-0.1, -0.05) is 25.1 Å². The first kappa shape index (κ1) is 15.5. The maximum absolute atomic E-state index is 11.1. The predicted octanol–water partition coefficient (Wildman–Crippen LogP) is 2.26. The van der Waals surface area contributed by atoms with Crippen LogP contribution in [0.3, 0.4) is 0 Å². The van der Waals surface area contributed by atoms with Crippen molar-refractivity contribution in [3.63, 3.8) is 0 Å². The van der Waals surface area contributed by atoms with Crippen LogP contribution in [-0.2, 0) is 4.79 Å². The van der Waals surface area contributed by atoms with Crippen LogP contribution in [0.4, 0.5) is 0 Å². The third-order valence-corrected chi connectivity index (χ3v) is 3.14. The Hall–Kier alpha value is -1.55. The number of carbonyl (C=O) groups is 1. The molecule has 1 aromatic rings. The Morgan fingerprint density at radius 3 is 2.68 bits per heavy atom. The van der Waals surface area contributed by atoms with E-state index in [1.54, 1.807) is 7.05 Å². The summed E-state index contributed by atoms with van der Waals surface area (Å²) in [6.07, 6.45) is 2.24. The second-order valence-corrected chi connectivity index (χ2v) is 4.41. The number of amides is 1. The molecule has 0 heterocycles. The van der Waals surface area contributed by atoms with Crippen molar-refractivity contribution in [1.29, 1.82) is 0 Å². The lowest BCUT2D eigenvalue weighted by atomic mass is 10.0. The molecule has 1 atom stereocenters. The highest BCUT2D eigenvalue weighted by molar-refractivity contribution is 5.75. The Balaban J connectivity index is 2.55. The van der Waals surface area contributed by atoms with E-state index in [9.17, 15) is 4.79 Å². The molecule has 106 valence electrons. The van der Waals surface area contributed by atoms with Gasteiger partial charge in [-0.15, -0.1) is 0 Å². The van der Waals surface area contributed by atoms with Crippen LogP contribution < -0.4 is 15.4 Å². The highest BCUT2D eigenvalue weighted by atomic mass is 16.5. The quantitative estimate of drug-likeness (QED) is 0.708. The first-order valence-electron chi connectivity index (χ1n) is 6.82. The Kier molecular flexibility index (Phi) is 6.97. The summed E-state index contributed by atoms with van der Waals surface area (Å²) in [6.45, 7) is 2.70. The van der Waals surface area contributed by atoms with Crippen LogP contribution in [0.15, 0.2) is 24.3 Å². The third-order valence-electron chi connectivity index (χ3n) is 3.14. The van der Waals surface area contributed by atoms with Gasteiger partial charge in [-0.25, -0.2) is 0 Å². The Morgan fingerprint density at radius 2 is 2.05 bits per heavy atom. The van der Waals surface area contributed by atoms with Gasteiger partial charge in [0.1, 0.15) is 5.75 Å². The summed E-state index contributed by atoms with van der Waals surface area (Å²) in [7, 11) is 3.60. The lowest BCUT2D eigenvalue weighted by molar-refractivity contribution is -0.120. The maximum atomic E-state index is 11.1. The average molecular weight is 264 g/mol. The largest absolute Gasteiger partial charge is 0.493 e. The van der Waals surface area contributed by atoms with Gasteiger partial charge in [0.2, 0.25) is 5.91 Å². The van der Waals surface area contributed by atoms with Gasteiger partial charge in [-0.05, 0) is 26.0 Å². The molecule has 0 aliphatic rings. The molecule has 0 saturated heterocycles. The van der Waals surface area contributed by atoms with E-state index in [0.29, 0.717) is 19.1 Å². The number of carbonyl (C=O) groups excluding carboxylic acids is 1. The fourth-order valence-corrected chi connectivity index (χ4v) is 2.02. The zero-order valence-electron chi connectivity index (χ0n) is 12.0. The number of hydrogen-bond donors (Lipinski definition) is 2. The SMILES string of the molecule is CCC(NC)c1ccccc1OCCCC(=O)NC. The van der Waals surface area contributed by atoms with Gasteiger partial charge in [0.05, 0.1) is 6.61 Å². The fraction of sp³-hybridized carbons (Fsp3) is 0.533. The second kappa shape index (κ2) is 8.53. The minimum absolute atomic E-state index is 0.0542. The molecular formula is C15H24N2O2. The van der Waals surface area contributed by atoms with Gasteiger partial charge in [-0.2, -0.15) is 0 Å². The molecule has 1 aromatic carbocycles. The van der Waals surface area contributed by atoms with E-state index >= 15 is 0 Å². The number of ether oxygens (including phenoxy) is 1.